The van der Waals surface area contributed by atoms with Gasteiger partial charge in [0.1, 0.15) is 6.04 Å². The number of rotatable bonds is 6. The molecule has 2 N–H and O–H groups in total. The first kappa shape index (κ1) is 18.0. The molecule has 5 nitrogen and oxygen atoms in total. The summed E-state index contributed by atoms with van der Waals surface area (Å²) in [6.45, 7) is 5.67. The number of halogens is 1. The minimum Gasteiger partial charge on any atom is -0.353 e. The van der Waals surface area contributed by atoms with Crippen LogP contribution in [0.1, 0.15) is 31.1 Å². The molecule has 2 atom stereocenters. The van der Waals surface area contributed by atoms with Gasteiger partial charge in [0.05, 0.1) is 12.0 Å². The average Bonchev–Trinajstić information content (AvgIpc) is 2.49. The van der Waals surface area contributed by atoms with Crippen LogP contribution in [0.4, 0.5) is 0 Å². The van der Waals surface area contributed by atoms with E-state index >= 15 is 0 Å². The molecule has 1 aromatic rings. The number of nitrogens with one attached hydrogen (secondary N) is 2. The zero-order valence-electron chi connectivity index (χ0n) is 12.9. The maximum Gasteiger partial charge on any atom is 0.251 e. The fourth-order valence-corrected chi connectivity index (χ4v) is 1.90. The first-order chi connectivity index (χ1) is 10.3. The van der Waals surface area contributed by atoms with Crippen molar-refractivity contribution in [1.29, 1.82) is 5.26 Å². The normalized spacial score (nSPS) is 13.1. The highest BCUT2D eigenvalue weighted by molar-refractivity contribution is 6.30. The summed E-state index contributed by atoms with van der Waals surface area (Å²) in [4.78, 5) is 24.4. The van der Waals surface area contributed by atoms with Gasteiger partial charge >= 0.3 is 0 Å². The molecule has 0 aromatic heterocycles. The second kappa shape index (κ2) is 8.40. The van der Waals surface area contributed by atoms with E-state index in [1.54, 1.807) is 31.2 Å². The van der Waals surface area contributed by atoms with E-state index in [1.165, 1.54) is 0 Å². The molecule has 2 unspecified atom stereocenters. The van der Waals surface area contributed by atoms with Gasteiger partial charge < -0.3 is 10.6 Å². The second-order valence-electron chi connectivity index (χ2n) is 5.48. The lowest BCUT2D eigenvalue weighted by atomic mass is 10.0. The molecule has 0 aliphatic heterocycles. The lowest BCUT2D eigenvalue weighted by Crippen LogP contribution is -2.50. The first-order valence-electron chi connectivity index (χ1n) is 7.09. The Morgan fingerprint density at radius 2 is 1.82 bits per heavy atom. The largest absolute Gasteiger partial charge is 0.353 e. The molecule has 0 spiro atoms. The summed E-state index contributed by atoms with van der Waals surface area (Å²) < 4.78 is 0. The van der Waals surface area contributed by atoms with Crippen LogP contribution in [0.15, 0.2) is 24.3 Å². The number of benzene rings is 1. The Morgan fingerprint density at radius 3 is 2.32 bits per heavy atom. The summed E-state index contributed by atoms with van der Waals surface area (Å²) in [6, 6.07) is 7.83. The van der Waals surface area contributed by atoms with Gasteiger partial charge in [-0.1, -0.05) is 25.4 Å². The van der Waals surface area contributed by atoms with Gasteiger partial charge in [0.25, 0.3) is 5.91 Å². The highest BCUT2D eigenvalue weighted by Crippen LogP contribution is 2.10. The number of hydrogen-bond donors (Lipinski definition) is 2. The van der Waals surface area contributed by atoms with Gasteiger partial charge in [-0.3, -0.25) is 9.59 Å². The van der Waals surface area contributed by atoms with Gasteiger partial charge in [0, 0.05) is 17.1 Å². The molecular formula is C16H20ClN3O2. The average molecular weight is 322 g/mol. The van der Waals surface area contributed by atoms with Gasteiger partial charge in [-0.25, -0.2) is 0 Å². The molecule has 0 heterocycles. The van der Waals surface area contributed by atoms with Gasteiger partial charge in [0.2, 0.25) is 5.91 Å². The van der Waals surface area contributed by atoms with E-state index in [9.17, 15) is 9.59 Å². The van der Waals surface area contributed by atoms with Crippen molar-refractivity contribution in [1.82, 2.24) is 10.6 Å². The molecule has 22 heavy (non-hydrogen) atoms. The molecule has 0 radical (unpaired) electrons. The van der Waals surface area contributed by atoms with E-state index in [2.05, 4.69) is 10.6 Å². The smallest absolute Gasteiger partial charge is 0.251 e. The molecule has 6 heteroatoms. The third-order valence-corrected chi connectivity index (χ3v) is 3.40. The molecule has 118 valence electrons. The lowest BCUT2D eigenvalue weighted by molar-refractivity contribution is -0.124. The minimum absolute atomic E-state index is 0.0753. The van der Waals surface area contributed by atoms with Crippen molar-refractivity contribution in [3.63, 3.8) is 0 Å². The van der Waals surface area contributed by atoms with Crippen LogP contribution in [0, 0.1) is 23.2 Å². The van der Waals surface area contributed by atoms with E-state index < -0.39 is 6.04 Å². The summed E-state index contributed by atoms with van der Waals surface area (Å²) in [5.41, 5.74) is 0.438. The van der Waals surface area contributed by atoms with Crippen LogP contribution in [-0.2, 0) is 4.79 Å². The predicted molar refractivity (Wildman–Crippen MR) is 85.3 cm³/mol. The Kier molecular flexibility index (Phi) is 6.87. The topological polar surface area (TPSA) is 82.0 Å². The zero-order chi connectivity index (χ0) is 16.7. The molecule has 0 saturated heterocycles. The van der Waals surface area contributed by atoms with Crippen LogP contribution in [0.5, 0.6) is 0 Å². The molecule has 0 aliphatic rings. The Bertz CT molecular complexity index is 564. The maximum atomic E-state index is 12.2. The summed E-state index contributed by atoms with van der Waals surface area (Å²) in [6.07, 6.45) is 0. The van der Waals surface area contributed by atoms with Gasteiger partial charge in [-0.05, 0) is 37.1 Å². The molecule has 0 saturated carbocycles. The van der Waals surface area contributed by atoms with Crippen molar-refractivity contribution < 1.29 is 9.59 Å². The van der Waals surface area contributed by atoms with Crippen molar-refractivity contribution in [2.75, 3.05) is 6.54 Å². The fraction of sp³-hybridized carbons (Fsp3) is 0.438. The van der Waals surface area contributed by atoms with E-state index in [4.69, 9.17) is 16.9 Å². The molecule has 1 rings (SSSR count). The highest BCUT2D eigenvalue weighted by Gasteiger charge is 2.24. The van der Waals surface area contributed by atoms with Crippen LogP contribution in [0.3, 0.4) is 0 Å². The lowest BCUT2D eigenvalue weighted by Gasteiger charge is -2.22. The molecule has 1 aromatic carbocycles. The molecule has 0 fully saturated rings. The number of nitriles is 1. The standard InChI is InChI=1S/C16H20ClN3O2/c1-10(2)14(16(22)19-9-11(3)8-18)20-15(21)12-4-6-13(17)7-5-12/h4-7,10-11,14H,9H2,1-3H3,(H,19,22)(H,20,21). The number of hydrogen-bond acceptors (Lipinski definition) is 3. The SMILES string of the molecule is CC(C#N)CNC(=O)C(NC(=O)c1ccc(Cl)cc1)C(C)C. The predicted octanol–water partition coefficient (Wildman–Crippen LogP) is 2.37. The van der Waals surface area contributed by atoms with Crippen LogP contribution in [-0.4, -0.2) is 24.4 Å². The Morgan fingerprint density at radius 1 is 1.23 bits per heavy atom. The molecule has 2 amide bonds. The molecular weight excluding hydrogens is 302 g/mol. The summed E-state index contributed by atoms with van der Waals surface area (Å²) in [5.74, 6) is -0.976. The number of amides is 2. The van der Waals surface area contributed by atoms with Gasteiger partial charge in [-0.2, -0.15) is 5.26 Å². The van der Waals surface area contributed by atoms with Crippen molar-refractivity contribution >= 4 is 23.4 Å². The van der Waals surface area contributed by atoms with Crippen LogP contribution < -0.4 is 10.6 Å². The van der Waals surface area contributed by atoms with E-state index in [0.717, 1.165) is 0 Å². The second-order valence-corrected chi connectivity index (χ2v) is 5.91. The molecule has 0 bridgehead atoms. The Labute approximate surface area is 135 Å². The third-order valence-electron chi connectivity index (χ3n) is 3.15. The summed E-state index contributed by atoms with van der Waals surface area (Å²) in [5, 5.41) is 14.7. The summed E-state index contributed by atoms with van der Waals surface area (Å²) >= 11 is 5.79. The van der Waals surface area contributed by atoms with Crippen LogP contribution in [0.25, 0.3) is 0 Å². The number of carbonyl (C=O) groups is 2. The van der Waals surface area contributed by atoms with Crippen LogP contribution >= 0.6 is 11.6 Å². The Hall–Kier alpha value is -2.06. The van der Waals surface area contributed by atoms with E-state index in [0.29, 0.717) is 10.6 Å². The van der Waals surface area contributed by atoms with E-state index in [-0.39, 0.29) is 30.2 Å². The monoisotopic (exact) mass is 321 g/mol. The van der Waals surface area contributed by atoms with Gasteiger partial charge in [0.15, 0.2) is 0 Å². The number of carbonyl (C=O) groups excluding carboxylic acids is 2. The number of nitrogens with zero attached hydrogens (tertiary/aromatic N) is 1. The third kappa shape index (κ3) is 5.38. The van der Waals surface area contributed by atoms with Crippen LogP contribution in [0.2, 0.25) is 5.02 Å². The highest BCUT2D eigenvalue weighted by atomic mass is 35.5. The quantitative estimate of drug-likeness (QED) is 0.844. The molecule has 0 aliphatic carbocycles. The van der Waals surface area contributed by atoms with Crippen molar-refractivity contribution in [3.8, 4) is 6.07 Å². The Balaban J connectivity index is 2.71. The zero-order valence-corrected chi connectivity index (χ0v) is 13.6. The minimum atomic E-state index is -0.658. The summed E-state index contributed by atoms with van der Waals surface area (Å²) in [7, 11) is 0. The first-order valence-corrected chi connectivity index (χ1v) is 7.46. The van der Waals surface area contributed by atoms with Crippen molar-refractivity contribution in [2.45, 2.75) is 26.8 Å². The van der Waals surface area contributed by atoms with Crippen molar-refractivity contribution in [2.24, 2.45) is 11.8 Å². The van der Waals surface area contributed by atoms with Crippen molar-refractivity contribution in [3.05, 3.63) is 34.9 Å². The maximum absolute atomic E-state index is 12.2. The fourth-order valence-electron chi connectivity index (χ4n) is 1.77. The van der Waals surface area contributed by atoms with Gasteiger partial charge in [-0.15, -0.1) is 0 Å². The van der Waals surface area contributed by atoms with E-state index in [1.807, 2.05) is 19.9 Å².